The van der Waals surface area contributed by atoms with Crippen LogP contribution < -0.4 is 20.1 Å². The second kappa shape index (κ2) is 11.7. The molecule has 3 atom stereocenters. The highest BCUT2D eigenvalue weighted by molar-refractivity contribution is 7.85. The molecular weight excluding hydrogens is 412 g/mol. The van der Waals surface area contributed by atoms with Crippen LogP contribution in [-0.4, -0.2) is 46.4 Å². The molecule has 1 aliphatic carbocycles. The molecule has 1 aromatic heterocycles. The topological polar surface area (TPSA) is 84.8 Å². The van der Waals surface area contributed by atoms with Gasteiger partial charge < -0.3 is 20.1 Å². The quantitative estimate of drug-likeness (QED) is 0.478. The number of nitrogens with one attached hydrogen (secondary N) is 2. The Morgan fingerprint density at radius 1 is 1.19 bits per heavy atom. The number of aliphatic imine (C=N–C) groups is 1. The summed E-state index contributed by atoms with van der Waals surface area (Å²) in [5, 5.41) is 7.12. The predicted molar refractivity (Wildman–Crippen MR) is 125 cm³/mol. The van der Waals surface area contributed by atoms with Crippen LogP contribution in [0, 0.1) is 0 Å². The normalized spacial score (nSPS) is 20.0. The molecule has 8 heteroatoms. The van der Waals surface area contributed by atoms with Crippen LogP contribution in [-0.2, 0) is 17.3 Å². The summed E-state index contributed by atoms with van der Waals surface area (Å²) in [6.07, 6.45) is 5.96. The number of methoxy groups -OCH3 is 1. The first-order valence-electron chi connectivity index (χ1n) is 10.7. The molecule has 0 bridgehead atoms. The SMILES string of the molecule is CCS(=O)C1CCCC(NC(=NC)NCc2ccc(Oc3ccc(OC)cc3)nc2)C1. The lowest BCUT2D eigenvalue weighted by atomic mass is 9.95. The standard InChI is InChI=1S/C23H32N4O3S/c1-4-31(28)21-7-5-6-18(14-21)27-23(24-2)26-16-17-8-13-22(25-15-17)30-20-11-9-19(29-3)10-12-20/h8-13,15,18,21H,4-7,14,16H2,1-3H3,(H2,24,26,27). The Labute approximate surface area is 187 Å². The Kier molecular flexibility index (Phi) is 8.70. The maximum atomic E-state index is 12.2. The molecular formula is C23H32N4O3S. The molecule has 0 amide bonds. The first-order chi connectivity index (χ1) is 15.1. The number of aromatic nitrogens is 1. The third kappa shape index (κ3) is 6.95. The number of pyridine rings is 1. The van der Waals surface area contributed by atoms with E-state index in [1.54, 1.807) is 20.4 Å². The Morgan fingerprint density at radius 3 is 2.61 bits per heavy atom. The molecule has 0 aliphatic heterocycles. The fourth-order valence-corrected chi connectivity index (χ4v) is 5.01. The van der Waals surface area contributed by atoms with Gasteiger partial charge in [0.1, 0.15) is 11.5 Å². The van der Waals surface area contributed by atoms with Gasteiger partial charge in [0.2, 0.25) is 5.88 Å². The van der Waals surface area contributed by atoms with Crippen LogP contribution in [0.3, 0.4) is 0 Å². The molecule has 31 heavy (non-hydrogen) atoms. The van der Waals surface area contributed by atoms with Gasteiger partial charge in [-0.3, -0.25) is 9.20 Å². The lowest BCUT2D eigenvalue weighted by Gasteiger charge is -2.30. The number of guanidine groups is 1. The summed E-state index contributed by atoms with van der Waals surface area (Å²) in [7, 11) is 2.67. The van der Waals surface area contributed by atoms with E-state index in [4.69, 9.17) is 9.47 Å². The van der Waals surface area contributed by atoms with E-state index in [9.17, 15) is 4.21 Å². The van der Waals surface area contributed by atoms with E-state index in [2.05, 4.69) is 20.6 Å². The maximum Gasteiger partial charge on any atom is 0.219 e. The van der Waals surface area contributed by atoms with E-state index in [-0.39, 0.29) is 5.25 Å². The Hall–Kier alpha value is -2.61. The van der Waals surface area contributed by atoms with Crippen molar-refractivity contribution in [3.63, 3.8) is 0 Å². The minimum atomic E-state index is -0.730. The largest absolute Gasteiger partial charge is 0.497 e. The number of benzene rings is 1. The Bertz CT molecular complexity index is 871. The summed E-state index contributed by atoms with van der Waals surface area (Å²) < 4.78 is 23.1. The number of ether oxygens (including phenoxy) is 2. The third-order valence-electron chi connectivity index (χ3n) is 5.39. The van der Waals surface area contributed by atoms with Crippen LogP contribution in [0.4, 0.5) is 0 Å². The molecule has 1 heterocycles. The molecule has 3 unspecified atom stereocenters. The lowest BCUT2D eigenvalue weighted by molar-refractivity contribution is 0.412. The zero-order chi connectivity index (χ0) is 22.1. The summed E-state index contributed by atoms with van der Waals surface area (Å²) in [4.78, 5) is 8.73. The van der Waals surface area contributed by atoms with Gasteiger partial charge in [0, 0.05) is 53.7 Å². The first-order valence-corrected chi connectivity index (χ1v) is 12.1. The smallest absolute Gasteiger partial charge is 0.219 e. The fourth-order valence-electron chi connectivity index (χ4n) is 3.66. The highest BCUT2D eigenvalue weighted by atomic mass is 32.2. The summed E-state index contributed by atoms with van der Waals surface area (Å²) >= 11 is 0. The average Bonchev–Trinajstić information content (AvgIpc) is 2.82. The molecule has 0 radical (unpaired) electrons. The van der Waals surface area contributed by atoms with Crippen molar-refractivity contribution in [1.29, 1.82) is 0 Å². The van der Waals surface area contributed by atoms with E-state index in [0.29, 0.717) is 24.2 Å². The van der Waals surface area contributed by atoms with Gasteiger partial charge in [-0.25, -0.2) is 4.98 Å². The summed E-state index contributed by atoms with van der Waals surface area (Å²) in [5.41, 5.74) is 1.03. The number of hydrogen-bond acceptors (Lipinski definition) is 5. The van der Waals surface area contributed by atoms with Crippen LogP contribution in [0.1, 0.15) is 38.2 Å². The van der Waals surface area contributed by atoms with Gasteiger partial charge in [-0.05, 0) is 49.1 Å². The van der Waals surface area contributed by atoms with Crippen LogP contribution in [0.25, 0.3) is 0 Å². The van der Waals surface area contributed by atoms with Crippen LogP contribution in [0.5, 0.6) is 17.4 Å². The lowest BCUT2D eigenvalue weighted by Crippen LogP contribution is -2.46. The highest BCUT2D eigenvalue weighted by Gasteiger charge is 2.26. The van der Waals surface area contributed by atoms with Gasteiger partial charge in [0.15, 0.2) is 5.96 Å². The minimum absolute atomic E-state index is 0.289. The van der Waals surface area contributed by atoms with Crippen molar-refractivity contribution < 1.29 is 13.7 Å². The second-order valence-corrected chi connectivity index (χ2v) is 9.51. The van der Waals surface area contributed by atoms with Gasteiger partial charge >= 0.3 is 0 Å². The van der Waals surface area contributed by atoms with Gasteiger partial charge in [0.05, 0.1) is 7.11 Å². The molecule has 168 valence electrons. The van der Waals surface area contributed by atoms with Crippen molar-refractivity contribution in [1.82, 2.24) is 15.6 Å². The summed E-state index contributed by atoms with van der Waals surface area (Å²) in [5.74, 6) is 3.51. The van der Waals surface area contributed by atoms with Crippen molar-refractivity contribution in [2.24, 2.45) is 4.99 Å². The first kappa shape index (κ1) is 23.1. The van der Waals surface area contributed by atoms with E-state index < -0.39 is 10.8 Å². The molecule has 2 N–H and O–H groups in total. The molecule has 7 nitrogen and oxygen atoms in total. The van der Waals surface area contributed by atoms with Crippen molar-refractivity contribution in [3.8, 4) is 17.4 Å². The molecule has 1 fully saturated rings. The third-order valence-corrected chi connectivity index (χ3v) is 7.13. The predicted octanol–water partition coefficient (Wildman–Crippen LogP) is 3.63. The fraction of sp³-hybridized carbons (Fsp3) is 0.478. The van der Waals surface area contributed by atoms with E-state index in [1.165, 1.54) is 0 Å². The van der Waals surface area contributed by atoms with Crippen molar-refractivity contribution in [2.45, 2.75) is 50.4 Å². The summed E-state index contributed by atoms with van der Waals surface area (Å²) in [6, 6.07) is 11.5. The number of hydrogen-bond donors (Lipinski definition) is 2. The van der Waals surface area contributed by atoms with Gasteiger partial charge in [-0.1, -0.05) is 19.4 Å². The molecule has 2 aromatic rings. The van der Waals surface area contributed by atoms with Crippen LogP contribution in [0.15, 0.2) is 47.6 Å². The minimum Gasteiger partial charge on any atom is -0.497 e. The van der Waals surface area contributed by atoms with Crippen molar-refractivity contribution >= 4 is 16.8 Å². The van der Waals surface area contributed by atoms with Crippen LogP contribution >= 0.6 is 0 Å². The summed E-state index contributed by atoms with van der Waals surface area (Å²) in [6.45, 7) is 2.60. The molecule has 1 saturated carbocycles. The number of rotatable bonds is 8. The second-order valence-electron chi connectivity index (χ2n) is 7.51. The zero-order valence-electron chi connectivity index (χ0n) is 18.5. The van der Waals surface area contributed by atoms with E-state index >= 15 is 0 Å². The van der Waals surface area contributed by atoms with Crippen molar-refractivity contribution in [3.05, 3.63) is 48.2 Å². The Morgan fingerprint density at radius 2 is 1.97 bits per heavy atom. The molecule has 0 spiro atoms. The van der Waals surface area contributed by atoms with Gasteiger partial charge in [0.25, 0.3) is 0 Å². The molecule has 1 aromatic carbocycles. The number of nitrogens with zero attached hydrogens (tertiary/aromatic N) is 2. The molecule has 0 saturated heterocycles. The highest BCUT2D eigenvalue weighted by Crippen LogP contribution is 2.23. The van der Waals surface area contributed by atoms with Crippen molar-refractivity contribution in [2.75, 3.05) is 19.9 Å². The monoisotopic (exact) mass is 444 g/mol. The van der Waals surface area contributed by atoms with Gasteiger partial charge in [-0.2, -0.15) is 0 Å². The van der Waals surface area contributed by atoms with Crippen LogP contribution in [0.2, 0.25) is 0 Å². The Balaban J connectivity index is 1.48. The van der Waals surface area contributed by atoms with Gasteiger partial charge in [-0.15, -0.1) is 0 Å². The average molecular weight is 445 g/mol. The maximum absolute atomic E-state index is 12.2. The zero-order valence-corrected chi connectivity index (χ0v) is 19.3. The molecule has 1 aliphatic rings. The van der Waals surface area contributed by atoms with E-state index in [0.717, 1.165) is 48.7 Å². The molecule has 3 rings (SSSR count). The van der Waals surface area contributed by atoms with E-state index in [1.807, 2.05) is 43.3 Å².